The molecule has 4 heteroatoms. The van der Waals surface area contributed by atoms with E-state index in [1.54, 1.807) is 4.90 Å². The third-order valence-electron chi connectivity index (χ3n) is 2.57. The summed E-state index contributed by atoms with van der Waals surface area (Å²) in [5.74, 6) is -0.975. The number of carbonyl (C=O) groups is 1. The maximum Gasteiger partial charge on any atom is 0.149 e. The molecule has 0 bridgehead atoms. The van der Waals surface area contributed by atoms with Crippen LogP contribution in [0.15, 0.2) is 18.2 Å². The van der Waals surface area contributed by atoms with Crippen molar-refractivity contribution in [3.8, 4) is 0 Å². The van der Waals surface area contributed by atoms with Crippen molar-refractivity contribution in [3.63, 3.8) is 0 Å². The first-order valence-corrected chi connectivity index (χ1v) is 4.89. The Bertz CT molecular complexity index is 362. The Hall–Kier alpha value is -1.45. The van der Waals surface area contributed by atoms with E-state index in [4.69, 9.17) is 0 Å². The van der Waals surface area contributed by atoms with Gasteiger partial charge in [-0.1, -0.05) is 6.07 Å². The Labute approximate surface area is 86.5 Å². The summed E-state index contributed by atoms with van der Waals surface area (Å²) in [6.07, 6.45) is 0.738. The minimum Gasteiger partial charge on any atom is -0.366 e. The number of halogens is 2. The van der Waals surface area contributed by atoms with Crippen LogP contribution in [0.3, 0.4) is 0 Å². The van der Waals surface area contributed by atoms with E-state index in [1.165, 1.54) is 18.2 Å². The molecule has 0 amide bonds. The van der Waals surface area contributed by atoms with Crippen LogP contribution in [-0.2, 0) is 4.79 Å². The zero-order chi connectivity index (χ0) is 10.8. The van der Waals surface area contributed by atoms with Crippen molar-refractivity contribution in [1.82, 2.24) is 0 Å². The van der Waals surface area contributed by atoms with Crippen molar-refractivity contribution in [3.05, 3.63) is 29.8 Å². The summed E-state index contributed by atoms with van der Waals surface area (Å²) in [6.45, 7) is 0.799. The van der Waals surface area contributed by atoms with E-state index in [0.717, 1.165) is 0 Å². The number of hydrogen-bond donors (Lipinski definition) is 0. The lowest BCUT2D eigenvalue weighted by molar-refractivity contribution is -0.119. The summed E-state index contributed by atoms with van der Waals surface area (Å²) in [6, 6.07) is 3.80. The van der Waals surface area contributed by atoms with E-state index in [1.807, 2.05) is 0 Å². The highest BCUT2D eigenvalue weighted by molar-refractivity contribution is 5.81. The van der Waals surface area contributed by atoms with Crippen molar-refractivity contribution in [2.45, 2.75) is 12.8 Å². The molecule has 1 fully saturated rings. The molecule has 15 heavy (non-hydrogen) atoms. The van der Waals surface area contributed by atoms with Crippen LogP contribution in [0, 0.1) is 11.6 Å². The molecule has 1 saturated heterocycles. The van der Waals surface area contributed by atoms with Gasteiger partial charge in [-0.15, -0.1) is 0 Å². The third-order valence-corrected chi connectivity index (χ3v) is 2.57. The minimum atomic E-state index is -0.565. The highest BCUT2D eigenvalue weighted by Crippen LogP contribution is 2.25. The molecule has 0 radical (unpaired) electrons. The number of benzene rings is 1. The van der Waals surface area contributed by atoms with E-state index >= 15 is 0 Å². The summed E-state index contributed by atoms with van der Waals surface area (Å²) in [4.78, 5) is 12.6. The molecule has 1 aliphatic rings. The highest BCUT2D eigenvalue weighted by atomic mass is 19.1. The van der Waals surface area contributed by atoms with Gasteiger partial charge >= 0.3 is 0 Å². The molecule has 0 spiro atoms. The van der Waals surface area contributed by atoms with Gasteiger partial charge in [0.2, 0.25) is 0 Å². The molecule has 80 valence electrons. The van der Waals surface area contributed by atoms with Crippen molar-refractivity contribution in [1.29, 1.82) is 0 Å². The Morgan fingerprint density at radius 1 is 1.07 bits per heavy atom. The van der Waals surface area contributed by atoms with Crippen molar-refractivity contribution in [2.75, 3.05) is 18.0 Å². The summed E-state index contributed by atoms with van der Waals surface area (Å²) >= 11 is 0. The van der Waals surface area contributed by atoms with E-state index < -0.39 is 11.6 Å². The molecule has 0 N–H and O–H groups in total. The molecule has 1 aromatic carbocycles. The van der Waals surface area contributed by atoms with E-state index in [2.05, 4.69) is 0 Å². The van der Waals surface area contributed by atoms with E-state index in [0.29, 0.717) is 25.9 Å². The smallest absolute Gasteiger partial charge is 0.149 e. The molecule has 1 aromatic rings. The Morgan fingerprint density at radius 3 is 2.13 bits per heavy atom. The van der Waals surface area contributed by atoms with Gasteiger partial charge in [0.25, 0.3) is 0 Å². The average Bonchev–Trinajstić information content (AvgIpc) is 2.20. The van der Waals surface area contributed by atoms with Gasteiger partial charge in [0.1, 0.15) is 23.1 Å². The number of anilines is 1. The molecular weight excluding hydrogens is 200 g/mol. The second kappa shape index (κ2) is 3.96. The largest absolute Gasteiger partial charge is 0.366 e. The molecule has 0 atom stereocenters. The molecule has 2 nitrogen and oxygen atoms in total. The highest BCUT2D eigenvalue weighted by Gasteiger charge is 2.21. The van der Waals surface area contributed by atoms with Crippen LogP contribution in [-0.4, -0.2) is 18.9 Å². The number of carbonyl (C=O) groups excluding carboxylic acids is 1. The second-order valence-corrected chi connectivity index (χ2v) is 3.60. The van der Waals surface area contributed by atoms with Crippen molar-refractivity contribution < 1.29 is 13.6 Å². The Kier molecular flexibility index (Phi) is 2.66. The molecule has 0 aliphatic carbocycles. The van der Waals surface area contributed by atoms with Gasteiger partial charge < -0.3 is 4.90 Å². The van der Waals surface area contributed by atoms with Gasteiger partial charge in [-0.2, -0.15) is 0 Å². The first kappa shape index (κ1) is 10.1. The van der Waals surface area contributed by atoms with Crippen LogP contribution in [0.2, 0.25) is 0 Å². The quantitative estimate of drug-likeness (QED) is 0.709. The van der Waals surface area contributed by atoms with Crippen LogP contribution in [0.4, 0.5) is 14.5 Å². The van der Waals surface area contributed by atoms with E-state index in [9.17, 15) is 13.6 Å². The first-order chi connectivity index (χ1) is 7.18. The summed E-state index contributed by atoms with van der Waals surface area (Å²) in [5.41, 5.74) is -0.00926. The van der Waals surface area contributed by atoms with Gasteiger partial charge in [0, 0.05) is 25.9 Å². The summed E-state index contributed by atoms with van der Waals surface area (Å²) in [5, 5.41) is 0. The molecular formula is C11H11F2NO. The minimum absolute atomic E-state index is 0.00926. The number of ketones is 1. The fraction of sp³-hybridized carbons (Fsp3) is 0.364. The molecule has 1 heterocycles. The lowest BCUT2D eigenvalue weighted by Gasteiger charge is -2.28. The van der Waals surface area contributed by atoms with E-state index in [-0.39, 0.29) is 11.5 Å². The van der Waals surface area contributed by atoms with Crippen molar-refractivity contribution in [2.24, 2.45) is 0 Å². The lowest BCUT2D eigenvalue weighted by Crippen LogP contribution is -2.34. The van der Waals surface area contributed by atoms with Crippen LogP contribution in [0.25, 0.3) is 0 Å². The molecule has 0 aromatic heterocycles. The molecule has 1 aliphatic heterocycles. The topological polar surface area (TPSA) is 20.3 Å². The number of para-hydroxylation sites is 1. The average molecular weight is 211 g/mol. The van der Waals surface area contributed by atoms with Crippen molar-refractivity contribution >= 4 is 11.5 Å². The predicted octanol–water partition coefficient (Wildman–Crippen LogP) is 2.13. The van der Waals surface area contributed by atoms with Gasteiger partial charge in [-0.3, -0.25) is 4.79 Å². The number of nitrogens with zero attached hydrogens (tertiary/aromatic N) is 1. The molecule has 0 unspecified atom stereocenters. The van der Waals surface area contributed by atoms with Crippen LogP contribution >= 0.6 is 0 Å². The molecule has 0 saturated carbocycles. The van der Waals surface area contributed by atoms with Gasteiger partial charge in [-0.05, 0) is 12.1 Å². The van der Waals surface area contributed by atoms with Gasteiger partial charge in [0.05, 0.1) is 0 Å². The van der Waals surface area contributed by atoms with Gasteiger partial charge in [-0.25, -0.2) is 8.78 Å². The zero-order valence-electron chi connectivity index (χ0n) is 8.17. The van der Waals surface area contributed by atoms with Crippen LogP contribution in [0.5, 0.6) is 0 Å². The summed E-state index contributed by atoms with van der Waals surface area (Å²) in [7, 11) is 0. The maximum atomic E-state index is 13.4. The maximum absolute atomic E-state index is 13.4. The Morgan fingerprint density at radius 2 is 1.60 bits per heavy atom. The number of Topliss-reactive ketones (excluding diaryl/α,β-unsaturated/α-hetero) is 1. The standard InChI is InChI=1S/C11H11F2NO/c12-9-2-1-3-10(13)11(9)14-6-4-8(15)5-7-14/h1-3H,4-7H2. The number of piperidine rings is 1. The van der Waals surface area contributed by atoms with Gasteiger partial charge in [0.15, 0.2) is 0 Å². The number of rotatable bonds is 1. The fourth-order valence-corrected chi connectivity index (χ4v) is 1.77. The lowest BCUT2D eigenvalue weighted by atomic mass is 10.1. The Balaban J connectivity index is 2.26. The monoisotopic (exact) mass is 211 g/mol. The predicted molar refractivity (Wildman–Crippen MR) is 52.8 cm³/mol. The first-order valence-electron chi connectivity index (χ1n) is 4.89. The zero-order valence-corrected chi connectivity index (χ0v) is 8.17. The normalized spacial score (nSPS) is 16.9. The molecule has 2 rings (SSSR count). The summed E-state index contributed by atoms with van der Waals surface area (Å²) < 4.78 is 26.7. The van der Waals surface area contributed by atoms with Crippen LogP contribution in [0.1, 0.15) is 12.8 Å². The SMILES string of the molecule is O=C1CCN(c2c(F)cccc2F)CC1. The number of hydrogen-bond acceptors (Lipinski definition) is 2. The fourth-order valence-electron chi connectivity index (χ4n) is 1.77. The third kappa shape index (κ3) is 1.98. The van der Waals surface area contributed by atoms with Crippen LogP contribution < -0.4 is 4.90 Å². The second-order valence-electron chi connectivity index (χ2n) is 3.60.